The summed E-state index contributed by atoms with van der Waals surface area (Å²) in [4.78, 5) is 26.0. The van der Waals surface area contributed by atoms with Crippen LogP contribution in [0.2, 0.25) is 0 Å². The summed E-state index contributed by atoms with van der Waals surface area (Å²) in [5, 5.41) is 10.7. The molecule has 5 atom stereocenters. The van der Waals surface area contributed by atoms with Crippen molar-refractivity contribution in [2.24, 2.45) is 0 Å². The number of nitrogen functional groups attached to an aromatic ring is 1. The third-order valence-electron chi connectivity index (χ3n) is 5.74. The van der Waals surface area contributed by atoms with Crippen LogP contribution in [0.4, 0.5) is 5.82 Å². The molecule has 0 bridgehead atoms. The first-order valence-corrected chi connectivity index (χ1v) is 12.6. The topological polar surface area (TPSA) is 165 Å². The van der Waals surface area contributed by atoms with Crippen molar-refractivity contribution in [3.8, 4) is 0 Å². The van der Waals surface area contributed by atoms with Gasteiger partial charge in [-0.25, -0.2) is 9.36 Å². The molecule has 1 fully saturated rings. The van der Waals surface area contributed by atoms with Crippen molar-refractivity contribution in [3.05, 3.63) is 58.6 Å². The molecule has 2 aromatic rings. The summed E-state index contributed by atoms with van der Waals surface area (Å²) < 4.78 is 40.9. The first-order chi connectivity index (χ1) is 16.7. The average molecular weight is 513 g/mol. The number of phosphoric acid groups is 1. The van der Waals surface area contributed by atoms with Gasteiger partial charge in [-0.3, -0.25) is 13.6 Å². The minimum atomic E-state index is -4.53. The molecule has 13 heteroatoms. The number of hydrogen-bond acceptors (Lipinski definition) is 10. The summed E-state index contributed by atoms with van der Waals surface area (Å²) in [6.45, 7) is 1.44. The van der Waals surface area contributed by atoms with Crippen molar-refractivity contribution in [3.63, 3.8) is 0 Å². The van der Waals surface area contributed by atoms with Gasteiger partial charge < -0.3 is 29.9 Å². The quantitative estimate of drug-likeness (QED) is 0.333. The Labute approximate surface area is 203 Å². The molecule has 2 unspecified atom stereocenters. The van der Waals surface area contributed by atoms with E-state index in [4.69, 9.17) is 29.0 Å². The molecule has 4 N–H and O–H groups in total. The highest BCUT2D eigenvalue weighted by molar-refractivity contribution is 7.47. The maximum absolute atomic E-state index is 12.6. The molecule has 0 radical (unpaired) electrons. The van der Waals surface area contributed by atoms with Crippen molar-refractivity contribution in [1.82, 2.24) is 9.55 Å². The molecule has 3 rings (SSSR count). The van der Waals surface area contributed by atoms with E-state index in [-0.39, 0.29) is 38.5 Å². The Morgan fingerprint density at radius 3 is 2.69 bits per heavy atom. The summed E-state index contributed by atoms with van der Waals surface area (Å²) in [7, 11) is -3.05. The molecule has 0 spiro atoms. The van der Waals surface area contributed by atoms with Crippen molar-refractivity contribution < 1.29 is 37.8 Å². The molecule has 1 aromatic heterocycles. The van der Waals surface area contributed by atoms with Gasteiger partial charge in [-0.15, -0.1) is 0 Å². The molecular weight excluding hydrogens is 481 g/mol. The van der Waals surface area contributed by atoms with Gasteiger partial charge in [-0.2, -0.15) is 4.98 Å². The Morgan fingerprint density at radius 2 is 2.03 bits per heavy atom. The Morgan fingerprint density at radius 1 is 1.29 bits per heavy atom. The van der Waals surface area contributed by atoms with Gasteiger partial charge in [0, 0.05) is 19.7 Å². The Kier molecular flexibility index (Phi) is 9.56. The maximum atomic E-state index is 12.6. The monoisotopic (exact) mass is 513 g/mol. The van der Waals surface area contributed by atoms with Gasteiger partial charge in [0.25, 0.3) is 0 Å². The number of nitrogens with two attached hydrogens (primary N) is 1. The van der Waals surface area contributed by atoms with Gasteiger partial charge in [0.2, 0.25) is 0 Å². The molecule has 2 heterocycles. The fourth-order valence-electron chi connectivity index (χ4n) is 3.69. The Hall–Kier alpha value is -2.15. The van der Waals surface area contributed by atoms with Crippen LogP contribution >= 0.6 is 7.82 Å². The van der Waals surface area contributed by atoms with Gasteiger partial charge in [-0.05, 0) is 18.1 Å². The molecular formula is C22H32N3O9P. The number of aliphatic hydroxyl groups excluding tert-OH is 1. The van der Waals surface area contributed by atoms with E-state index < -0.39 is 44.2 Å². The fourth-order valence-corrected chi connectivity index (χ4v) is 4.50. The van der Waals surface area contributed by atoms with Crippen LogP contribution in [0.3, 0.4) is 0 Å². The van der Waals surface area contributed by atoms with Gasteiger partial charge in [0.15, 0.2) is 0 Å². The highest BCUT2D eigenvalue weighted by Crippen LogP contribution is 2.47. The summed E-state index contributed by atoms with van der Waals surface area (Å²) >= 11 is 0. The zero-order valence-electron chi connectivity index (χ0n) is 19.7. The minimum absolute atomic E-state index is 0.0581. The van der Waals surface area contributed by atoms with Gasteiger partial charge in [-0.1, -0.05) is 37.3 Å². The van der Waals surface area contributed by atoms with Crippen LogP contribution < -0.4 is 11.4 Å². The third-order valence-corrected chi connectivity index (χ3v) is 6.67. The van der Waals surface area contributed by atoms with Crippen molar-refractivity contribution >= 4 is 13.6 Å². The van der Waals surface area contributed by atoms with Gasteiger partial charge in [0.1, 0.15) is 23.8 Å². The lowest BCUT2D eigenvalue weighted by Gasteiger charge is -2.31. The van der Waals surface area contributed by atoms with Crippen LogP contribution in [0.15, 0.2) is 47.4 Å². The number of aliphatic hydroxyl groups is 1. The second-order valence-electron chi connectivity index (χ2n) is 8.20. The molecule has 0 amide bonds. The second-order valence-corrected chi connectivity index (χ2v) is 9.65. The number of ether oxygens (including phenoxy) is 3. The normalized spacial score (nSPS) is 24.8. The summed E-state index contributed by atoms with van der Waals surface area (Å²) in [6.07, 6.45) is -0.813. The second kappa shape index (κ2) is 12.2. The van der Waals surface area contributed by atoms with Crippen LogP contribution in [0.5, 0.6) is 0 Å². The number of aromatic nitrogens is 2. The largest absolute Gasteiger partial charge is 0.472 e. The molecule has 194 valence electrons. The van der Waals surface area contributed by atoms with E-state index >= 15 is 0 Å². The smallest absolute Gasteiger partial charge is 0.390 e. The van der Waals surface area contributed by atoms with Crippen LogP contribution in [0.25, 0.3) is 0 Å². The molecule has 0 aliphatic carbocycles. The standard InChI is InChI=1S/C22H32N3O9P/c1-3-22(18(26)11-20(34-22)25-10-9-19(23)24-21(25)27)15-33-35(28,29)32-14-17(13-30-2)31-12-16-7-5-4-6-8-16/h4-10,17-18,20,26H,3,11-15H2,1-2H3,(H,28,29)(H2,23,24,27)/t17-,18-,20?,22+/m0/s1. The molecule has 35 heavy (non-hydrogen) atoms. The van der Waals surface area contributed by atoms with Gasteiger partial charge >= 0.3 is 13.5 Å². The number of nitrogens with zero attached hydrogens (tertiary/aromatic N) is 2. The van der Waals surface area contributed by atoms with Crippen molar-refractivity contribution in [1.29, 1.82) is 0 Å². The minimum Gasteiger partial charge on any atom is -0.390 e. The molecule has 0 saturated carbocycles. The zero-order valence-corrected chi connectivity index (χ0v) is 20.6. The molecule has 1 aromatic carbocycles. The van der Waals surface area contributed by atoms with E-state index in [2.05, 4.69) is 4.98 Å². The van der Waals surface area contributed by atoms with E-state index in [1.54, 1.807) is 6.92 Å². The molecule has 1 saturated heterocycles. The number of phosphoric ester groups is 1. The van der Waals surface area contributed by atoms with E-state index in [1.807, 2.05) is 30.3 Å². The third kappa shape index (κ3) is 7.42. The average Bonchev–Trinajstić information content (AvgIpc) is 3.16. The van der Waals surface area contributed by atoms with Crippen molar-refractivity contribution in [2.45, 2.75) is 50.4 Å². The van der Waals surface area contributed by atoms with E-state index in [1.165, 1.54) is 23.9 Å². The maximum Gasteiger partial charge on any atom is 0.472 e. The van der Waals surface area contributed by atoms with Gasteiger partial charge in [0.05, 0.1) is 32.5 Å². The Balaban J connectivity index is 1.57. The number of anilines is 1. The van der Waals surface area contributed by atoms with E-state index in [0.29, 0.717) is 0 Å². The summed E-state index contributed by atoms with van der Waals surface area (Å²) in [6, 6.07) is 10.9. The summed E-state index contributed by atoms with van der Waals surface area (Å²) in [5.74, 6) is 0.0628. The number of rotatable bonds is 13. The predicted molar refractivity (Wildman–Crippen MR) is 125 cm³/mol. The lowest BCUT2D eigenvalue weighted by molar-refractivity contribution is -0.129. The molecule has 12 nitrogen and oxygen atoms in total. The first kappa shape index (κ1) is 27.4. The van der Waals surface area contributed by atoms with E-state index in [9.17, 15) is 19.4 Å². The fraction of sp³-hybridized carbons (Fsp3) is 0.545. The lowest BCUT2D eigenvalue weighted by atomic mass is 9.95. The van der Waals surface area contributed by atoms with Crippen molar-refractivity contribution in [2.75, 3.05) is 32.7 Å². The predicted octanol–water partition coefficient (Wildman–Crippen LogP) is 1.62. The number of methoxy groups -OCH3 is 1. The van der Waals surface area contributed by atoms with Crippen LogP contribution in [0.1, 0.15) is 31.6 Å². The molecule has 1 aliphatic heterocycles. The highest BCUT2D eigenvalue weighted by atomic mass is 31.2. The molecule has 1 aliphatic rings. The zero-order chi connectivity index (χ0) is 25.5. The highest BCUT2D eigenvalue weighted by Gasteiger charge is 2.49. The van der Waals surface area contributed by atoms with Crippen LogP contribution in [-0.4, -0.2) is 64.3 Å². The number of benzene rings is 1. The summed E-state index contributed by atoms with van der Waals surface area (Å²) in [5.41, 5.74) is 4.49. The van der Waals surface area contributed by atoms with E-state index in [0.717, 1.165) is 5.56 Å². The van der Waals surface area contributed by atoms with Crippen LogP contribution in [-0.2, 0) is 34.4 Å². The van der Waals surface area contributed by atoms with Crippen LogP contribution in [0, 0.1) is 0 Å². The first-order valence-electron chi connectivity index (χ1n) is 11.1. The SMILES string of the molecule is CC[C@]1(COP(=O)(O)OC[C@H](COC)OCc2ccccc2)OC(n2ccc(N)nc2=O)C[C@@H]1O. The Bertz CT molecular complexity index is 1050. The number of hydrogen-bond donors (Lipinski definition) is 3. The lowest BCUT2D eigenvalue weighted by Crippen LogP contribution is -2.43.